The van der Waals surface area contributed by atoms with Crippen LogP contribution >= 0.6 is 27.5 Å². The molecule has 7 heteroatoms. The molecule has 0 aliphatic heterocycles. The Morgan fingerprint density at radius 1 is 1.47 bits per heavy atom. The third kappa shape index (κ3) is 2.84. The number of rotatable bonds is 0. The van der Waals surface area contributed by atoms with Crippen molar-refractivity contribution in [1.82, 2.24) is 9.78 Å². The predicted octanol–water partition coefficient (Wildman–Crippen LogP) is 3.94. The first-order valence-electron chi connectivity index (χ1n) is 5.49. The van der Waals surface area contributed by atoms with Gasteiger partial charge in [-0.25, -0.2) is 4.79 Å². The van der Waals surface area contributed by atoms with E-state index in [9.17, 15) is 9.90 Å². The molecule has 0 radical (unpaired) electrons. The molecule has 1 aromatic heterocycles. The largest absolute Gasteiger partial charge is 0.492 e. The maximum absolute atomic E-state index is 12.0. The first-order chi connectivity index (χ1) is 8.69. The maximum Gasteiger partial charge on any atom is 0.435 e. The van der Waals surface area contributed by atoms with Crippen LogP contribution in [-0.4, -0.2) is 26.6 Å². The van der Waals surface area contributed by atoms with Crippen LogP contribution in [0.5, 0.6) is 5.88 Å². The highest BCUT2D eigenvalue weighted by atomic mass is 79.9. The number of hydrogen-bond acceptors (Lipinski definition) is 4. The number of hydrogen-bond donors (Lipinski definition) is 1. The summed E-state index contributed by atoms with van der Waals surface area (Å²) >= 11 is 9.30. The number of fused-ring (bicyclic) bond motifs is 1. The van der Waals surface area contributed by atoms with Crippen LogP contribution in [0, 0.1) is 0 Å². The van der Waals surface area contributed by atoms with Crippen LogP contribution < -0.4 is 0 Å². The molecule has 0 fully saturated rings. The van der Waals surface area contributed by atoms with Crippen LogP contribution in [0.15, 0.2) is 16.6 Å². The van der Waals surface area contributed by atoms with Crippen molar-refractivity contribution in [3.63, 3.8) is 0 Å². The van der Waals surface area contributed by atoms with E-state index in [2.05, 4.69) is 21.0 Å². The van der Waals surface area contributed by atoms with Gasteiger partial charge in [0, 0.05) is 4.47 Å². The van der Waals surface area contributed by atoms with Crippen LogP contribution in [0.4, 0.5) is 4.79 Å². The Hall–Kier alpha value is -1.27. The van der Waals surface area contributed by atoms with Gasteiger partial charge >= 0.3 is 6.09 Å². The van der Waals surface area contributed by atoms with E-state index in [1.807, 2.05) is 0 Å². The van der Waals surface area contributed by atoms with Crippen LogP contribution in [-0.2, 0) is 4.74 Å². The molecule has 2 aromatic rings. The van der Waals surface area contributed by atoms with Crippen LogP contribution in [0.2, 0.25) is 5.02 Å². The first kappa shape index (κ1) is 14.1. The van der Waals surface area contributed by atoms with Gasteiger partial charge in [-0.05, 0) is 32.9 Å². The summed E-state index contributed by atoms with van der Waals surface area (Å²) in [5.41, 5.74) is -0.271. The smallest absolute Gasteiger partial charge is 0.435 e. The SMILES string of the molecule is CC(C)(C)OC(=O)n1nc(O)c2c(Cl)cc(Br)cc21. The third-order valence-electron chi connectivity index (χ3n) is 2.25. The fourth-order valence-corrected chi connectivity index (χ4v) is 2.47. The zero-order valence-electron chi connectivity index (χ0n) is 10.6. The topological polar surface area (TPSA) is 64.4 Å². The van der Waals surface area contributed by atoms with E-state index < -0.39 is 11.7 Å². The summed E-state index contributed by atoms with van der Waals surface area (Å²) < 4.78 is 6.89. The monoisotopic (exact) mass is 346 g/mol. The molecule has 0 bridgehead atoms. The molecule has 0 saturated heterocycles. The molecule has 2 rings (SSSR count). The molecular formula is C12H12BrClN2O3. The van der Waals surface area contributed by atoms with Gasteiger partial charge < -0.3 is 9.84 Å². The van der Waals surface area contributed by atoms with E-state index >= 15 is 0 Å². The van der Waals surface area contributed by atoms with Crippen LogP contribution in [0.25, 0.3) is 10.9 Å². The van der Waals surface area contributed by atoms with E-state index in [1.54, 1.807) is 32.9 Å². The van der Waals surface area contributed by atoms with Gasteiger partial charge in [0.25, 0.3) is 0 Å². The van der Waals surface area contributed by atoms with Crippen molar-refractivity contribution in [3.8, 4) is 5.88 Å². The van der Waals surface area contributed by atoms with E-state index in [0.717, 1.165) is 4.68 Å². The minimum absolute atomic E-state index is 0.302. The lowest BCUT2D eigenvalue weighted by atomic mass is 10.2. The second kappa shape index (κ2) is 4.68. The van der Waals surface area contributed by atoms with Crippen molar-refractivity contribution in [3.05, 3.63) is 21.6 Å². The van der Waals surface area contributed by atoms with E-state index in [-0.39, 0.29) is 5.88 Å². The second-order valence-corrected chi connectivity index (χ2v) is 6.32. The number of nitrogens with zero attached hydrogens (tertiary/aromatic N) is 2. The second-order valence-electron chi connectivity index (χ2n) is 5.00. The lowest BCUT2D eigenvalue weighted by Crippen LogP contribution is -2.27. The van der Waals surface area contributed by atoms with Crippen molar-refractivity contribution in [2.24, 2.45) is 0 Å². The summed E-state index contributed by atoms with van der Waals surface area (Å²) in [5, 5.41) is 14.2. The molecule has 1 aromatic carbocycles. The fourth-order valence-electron chi connectivity index (χ4n) is 1.59. The Balaban J connectivity index is 2.59. The Morgan fingerprint density at radius 3 is 2.68 bits per heavy atom. The number of carbonyl (C=O) groups excluding carboxylic acids is 1. The Labute approximate surface area is 123 Å². The van der Waals surface area contributed by atoms with Crippen LogP contribution in [0.3, 0.4) is 0 Å². The zero-order valence-corrected chi connectivity index (χ0v) is 12.9. The minimum Gasteiger partial charge on any atom is -0.492 e. The van der Waals surface area contributed by atoms with Crippen molar-refractivity contribution in [2.75, 3.05) is 0 Å². The highest BCUT2D eigenvalue weighted by molar-refractivity contribution is 9.10. The first-order valence-corrected chi connectivity index (χ1v) is 6.66. The predicted molar refractivity (Wildman–Crippen MR) is 75.7 cm³/mol. The molecule has 0 aliphatic carbocycles. The van der Waals surface area contributed by atoms with Gasteiger partial charge in [-0.2, -0.15) is 4.68 Å². The van der Waals surface area contributed by atoms with E-state index in [0.29, 0.717) is 20.4 Å². The Bertz CT molecular complexity index is 661. The van der Waals surface area contributed by atoms with E-state index in [4.69, 9.17) is 16.3 Å². The molecule has 1 N–H and O–H groups in total. The molecular weight excluding hydrogens is 336 g/mol. The number of aromatic nitrogens is 2. The highest BCUT2D eigenvalue weighted by Gasteiger charge is 2.23. The molecule has 102 valence electrons. The van der Waals surface area contributed by atoms with Gasteiger partial charge in [0.2, 0.25) is 5.88 Å². The Kier molecular flexibility index (Phi) is 3.49. The summed E-state index contributed by atoms with van der Waals surface area (Å²) in [5.74, 6) is -0.307. The molecule has 5 nitrogen and oxygen atoms in total. The number of ether oxygens (including phenoxy) is 1. The highest BCUT2D eigenvalue weighted by Crippen LogP contribution is 2.34. The fraction of sp³-hybridized carbons (Fsp3) is 0.333. The summed E-state index contributed by atoms with van der Waals surface area (Å²) in [6, 6.07) is 3.25. The van der Waals surface area contributed by atoms with Gasteiger partial charge in [0.05, 0.1) is 15.9 Å². The number of carbonyl (C=O) groups is 1. The van der Waals surface area contributed by atoms with Crippen molar-refractivity contribution in [2.45, 2.75) is 26.4 Å². The summed E-state index contributed by atoms with van der Waals surface area (Å²) in [4.78, 5) is 12.0. The summed E-state index contributed by atoms with van der Waals surface area (Å²) in [6.45, 7) is 5.25. The maximum atomic E-state index is 12.0. The summed E-state index contributed by atoms with van der Waals surface area (Å²) in [7, 11) is 0. The molecule has 0 atom stereocenters. The molecule has 0 unspecified atom stereocenters. The standard InChI is InChI=1S/C12H12BrClN2O3/c1-12(2,3)19-11(18)16-8-5-6(13)4-7(14)9(8)10(17)15-16/h4-5H,1-3H3,(H,15,17). The average Bonchev–Trinajstić information content (AvgIpc) is 2.53. The van der Waals surface area contributed by atoms with Gasteiger partial charge in [0.15, 0.2) is 0 Å². The van der Waals surface area contributed by atoms with Crippen LogP contribution in [0.1, 0.15) is 20.8 Å². The normalized spacial score (nSPS) is 11.8. The van der Waals surface area contributed by atoms with E-state index in [1.165, 1.54) is 0 Å². The average molecular weight is 348 g/mol. The molecule has 0 aliphatic rings. The lowest BCUT2D eigenvalue weighted by Gasteiger charge is -2.19. The molecule has 0 spiro atoms. The number of aromatic hydroxyl groups is 1. The van der Waals surface area contributed by atoms with Gasteiger partial charge in [-0.1, -0.05) is 27.5 Å². The Morgan fingerprint density at radius 2 is 2.11 bits per heavy atom. The quantitative estimate of drug-likeness (QED) is 0.784. The third-order valence-corrected chi connectivity index (χ3v) is 3.00. The molecule has 0 amide bonds. The molecule has 1 heterocycles. The van der Waals surface area contributed by atoms with Gasteiger partial charge in [-0.3, -0.25) is 0 Å². The van der Waals surface area contributed by atoms with Gasteiger partial charge in [0.1, 0.15) is 5.60 Å². The number of benzene rings is 1. The van der Waals surface area contributed by atoms with Crippen molar-refractivity contribution in [1.29, 1.82) is 0 Å². The molecule has 0 saturated carbocycles. The minimum atomic E-state index is -0.674. The van der Waals surface area contributed by atoms with Crippen molar-refractivity contribution < 1.29 is 14.6 Å². The lowest BCUT2D eigenvalue weighted by molar-refractivity contribution is 0.0520. The van der Waals surface area contributed by atoms with Crippen molar-refractivity contribution >= 4 is 44.5 Å². The zero-order chi connectivity index (χ0) is 14.4. The summed E-state index contributed by atoms with van der Waals surface area (Å²) in [6.07, 6.45) is -0.674. The molecule has 19 heavy (non-hydrogen) atoms. The number of halogens is 2. The van der Waals surface area contributed by atoms with Gasteiger partial charge in [-0.15, -0.1) is 5.10 Å².